The molecule has 1 heterocycles. The van der Waals surface area contributed by atoms with E-state index in [1.165, 1.54) is 6.07 Å². The van der Waals surface area contributed by atoms with Crippen molar-refractivity contribution in [2.24, 2.45) is 0 Å². The summed E-state index contributed by atoms with van der Waals surface area (Å²) in [5.74, 6) is -1.42. The molecule has 6 heteroatoms. The standard InChI is InChI=1S/C19H18FNO3S/c1-12(19(23)24)25-17-8-3-2-6-14(17)18(22)21-10-9-13-5-4-7-16(20)15(13)11-21/h2-8,12H,9-11H2,1H3,(H,23,24). The summed E-state index contributed by atoms with van der Waals surface area (Å²) in [6.07, 6.45) is 0.611. The van der Waals surface area contributed by atoms with E-state index in [9.17, 15) is 14.0 Å². The van der Waals surface area contributed by atoms with Crippen LogP contribution in [0.5, 0.6) is 0 Å². The number of hydrogen-bond donors (Lipinski definition) is 1. The van der Waals surface area contributed by atoms with Crippen molar-refractivity contribution in [2.45, 2.75) is 30.0 Å². The van der Waals surface area contributed by atoms with Crippen molar-refractivity contribution in [3.05, 3.63) is 65.0 Å². The molecular weight excluding hydrogens is 341 g/mol. The van der Waals surface area contributed by atoms with Gasteiger partial charge in [-0.25, -0.2) is 4.39 Å². The summed E-state index contributed by atoms with van der Waals surface area (Å²) in [7, 11) is 0. The van der Waals surface area contributed by atoms with Crippen LogP contribution in [0.1, 0.15) is 28.4 Å². The van der Waals surface area contributed by atoms with Gasteiger partial charge >= 0.3 is 5.97 Å². The van der Waals surface area contributed by atoms with Gasteiger partial charge in [-0.05, 0) is 37.1 Å². The number of carboxylic acid groups (broad SMARTS) is 1. The molecule has 0 aromatic heterocycles. The zero-order valence-corrected chi connectivity index (χ0v) is 14.6. The van der Waals surface area contributed by atoms with E-state index in [0.717, 1.165) is 17.3 Å². The van der Waals surface area contributed by atoms with Gasteiger partial charge in [0.2, 0.25) is 0 Å². The summed E-state index contributed by atoms with van der Waals surface area (Å²) < 4.78 is 14.0. The van der Waals surface area contributed by atoms with E-state index in [4.69, 9.17) is 5.11 Å². The number of halogens is 1. The van der Waals surface area contributed by atoms with Crippen molar-refractivity contribution >= 4 is 23.6 Å². The molecule has 1 amide bonds. The number of carboxylic acids is 1. The van der Waals surface area contributed by atoms with Gasteiger partial charge in [0.1, 0.15) is 11.1 Å². The largest absolute Gasteiger partial charge is 0.480 e. The molecule has 0 bridgehead atoms. The Kier molecular flexibility index (Phi) is 5.08. The Bertz CT molecular complexity index is 824. The Balaban J connectivity index is 1.85. The molecule has 0 saturated carbocycles. The maximum absolute atomic E-state index is 14.0. The second-order valence-corrected chi connectivity index (χ2v) is 7.33. The monoisotopic (exact) mass is 359 g/mol. The van der Waals surface area contributed by atoms with Gasteiger partial charge in [0.25, 0.3) is 5.91 Å². The maximum Gasteiger partial charge on any atom is 0.316 e. The lowest BCUT2D eigenvalue weighted by Crippen LogP contribution is -2.36. The second-order valence-electron chi connectivity index (χ2n) is 5.95. The van der Waals surface area contributed by atoms with Crippen molar-refractivity contribution < 1.29 is 19.1 Å². The van der Waals surface area contributed by atoms with Crippen LogP contribution in [0.4, 0.5) is 4.39 Å². The third-order valence-electron chi connectivity index (χ3n) is 4.27. The van der Waals surface area contributed by atoms with E-state index in [-0.39, 0.29) is 18.3 Å². The highest BCUT2D eigenvalue weighted by molar-refractivity contribution is 8.00. The van der Waals surface area contributed by atoms with Gasteiger partial charge < -0.3 is 10.0 Å². The van der Waals surface area contributed by atoms with Crippen LogP contribution in [0, 0.1) is 5.82 Å². The first-order chi connectivity index (χ1) is 12.0. The minimum absolute atomic E-state index is 0.199. The molecule has 4 nitrogen and oxygen atoms in total. The Labute approximate surface area is 149 Å². The molecule has 3 rings (SSSR count). The number of aliphatic carboxylic acids is 1. The van der Waals surface area contributed by atoms with Crippen molar-refractivity contribution in [1.82, 2.24) is 4.90 Å². The molecule has 25 heavy (non-hydrogen) atoms. The average molecular weight is 359 g/mol. The predicted octanol–water partition coefficient (Wildman–Crippen LogP) is 3.59. The van der Waals surface area contributed by atoms with Gasteiger partial charge in [0, 0.05) is 23.5 Å². The third kappa shape index (κ3) is 3.69. The molecule has 1 unspecified atom stereocenters. The van der Waals surface area contributed by atoms with Crippen molar-refractivity contribution in [3.8, 4) is 0 Å². The molecule has 2 aromatic rings. The molecule has 0 saturated heterocycles. The number of benzene rings is 2. The van der Waals surface area contributed by atoms with Gasteiger partial charge in [0.15, 0.2) is 0 Å². The van der Waals surface area contributed by atoms with E-state index >= 15 is 0 Å². The fourth-order valence-corrected chi connectivity index (χ4v) is 3.79. The van der Waals surface area contributed by atoms with E-state index in [0.29, 0.717) is 29.0 Å². The van der Waals surface area contributed by atoms with Gasteiger partial charge in [-0.3, -0.25) is 9.59 Å². The molecule has 0 fully saturated rings. The number of fused-ring (bicyclic) bond motifs is 1. The first-order valence-corrected chi connectivity index (χ1v) is 8.89. The Morgan fingerprint density at radius 2 is 1.96 bits per heavy atom. The summed E-state index contributed by atoms with van der Waals surface area (Å²) in [6.45, 7) is 2.33. The fraction of sp³-hybridized carbons (Fsp3) is 0.263. The highest BCUT2D eigenvalue weighted by Crippen LogP contribution is 2.29. The van der Waals surface area contributed by atoms with Crippen LogP contribution in [-0.2, 0) is 17.8 Å². The van der Waals surface area contributed by atoms with E-state index in [2.05, 4.69) is 0 Å². The van der Waals surface area contributed by atoms with Gasteiger partial charge in [-0.1, -0.05) is 24.3 Å². The molecule has 0 spiro atoms. The number of carbonyl (C=O) groups is 2. The van der Waals surface area contributed by atoms with Crippen molar-refractivity contribution in [3.63, 3.8) is 0 Å². The van der Waals surface area contributed by atoms with Crippen molar-refractivity contribution in [2.75, 3.05) is 6.54 Å². The first-order valence-electron chi connectivity index (χ1n) is 8.01. The minimum Gasteiger partial charge on any atom is -0.480 e. The van der Waals surface area contributed by atoms with E-state index in [1.807, 2.05) is 6.07 Å². The number of thioether (sulfide) groups is 1. The molecular formula is C19H18FNO3S. The number of rotatable bonds is 4. The Morgan fingerprint density at radius 3 is 2.72 bits per heavy atom. The summed E-state index contributed by atoms with van der Waals surface area (Å²) in [5, 5.41) is 8.44. The zero-order valence-electron chi connectivity index (χ0n) is 13.7. The molecule has 1 N–H and O–H groups in total. The molecule has 0 aliphatic carbocycles. The Morgan fingerprint density at radius 1 is 1.20 bits per heavy atom. The number of hydrogen-bond acceptors (Lipinski definition) is 3. The lowest BCUT2D eigenvalue weighted by Gasteiger charge is -2.29. The smallest absolute Gasteiger partial charge is 0.316 e. The summed E-state index contributed by atoms with van der Waals surface area (Å²) in [6, 6.07) is 11.9. The quantitative estimate of drug-likeness (QED) is 0.848. The van der Waals surface area contributed by atoms with E-state index < -0.39 is 11.2 Å². The molecule has 0 radical (unpaired) electrons. The molecule has 1 atom stereocenters. The van der Waals surface area contributed by atoms with Crippen LogP contribution in [-0.4, -0.2) is 33.7 Å². The van der Waals surface area contributed by atoms with Crippen LogP contribution >= 0.6 is 11.8 Å². The Hall–Kier alpha value is -2.34. The highest BCUT2D eigenvalue weighted by atomic mass is 32.2. The SMILES string of the molecule is CC(Sc1ccccc1C(=O)N1CCc2cccc(F)c2C1)C(=O)O. The lowest BCUT2D eigenvalue weighted by atomic mass is 9.98. The normalized spacial score (nSPS) is 14.7. The number of nitrogens with zero attached hydrogens (tertiary/aromatic N) is 1. The van der Waals surface area contributed by atoms with Crippen LogP contribution in [0.15, 0.2) is 47.4 Å². The van der Waals surface area contributed by atoms with Crippen LogP contribution in [0.25, 0.3) is 0 Å². The summed E-state index contributed by atoms with van der Waals surface area (Å²) >= 11 is 1.14. The predicted molar refractivity (Wildman–Crippen MR) is 94.2 cm³/mol. The third-order valence-corrected chi connectivity index (χ3v) is 5.44. The second kappa shape index (κ2) is 7.27. The molecule has 1 aliphatic heterocycles. The van der Waals surface area contributed by atoms with Gasteiger partial charge in [-0.2, -0.15) is 0 Å². The highest BCUT2D eigenvalue weighted by Gasteiger charge is 2.26. The van der Waals surface area contributed by atoms with Crippen molar-refractivity contribution in [1.29, 1.82) is 0 Å². The summed E-state index contributed by atoms with van der Waals surface area (Å²) in [4.78, 5) is 26.3. The first kappa shape index (κ1) is 17.5. The topological polar surface area (TPSA) is 57.6 Å². The molecule has 1 aliphatic rings. The zero-order chi connectivity index (χ0) is 18.0. The van der Waals surface area contributed by atoms with Gasteiger partial charge in [-0.15, -0.1) is 11.8 Å². The molecule has 130 valence electrons. The molecule has 2 aromatic carbocycles. The van der Waals surface area contributed by atoms with Crippen LogP contribution < -0.4 is 0 Å². The maximum atomic E-state index is 14.0. The van der Waals surface area contributed by atoms with E-state index in [1.54, 1.807) is 42.2 Å². The fourth-order valence-electron chi connectivity index (χ4n) is 2.87. The van der Waals surface area contributed by atoms with Crippen LogP contribution in [0.3, 0.4) is 0 Å². The minimum atomic E-state index is -0.929. The average Bonchev–Trinajstić information content (AvgIpc) is 2.61. The van der Waals surface area contributed by atoms with Gasteiger partial charge in [0.05, 0.1) is 5.56 Å². The number of carbonyl (C=O) groups excluding carboxylic acids is 1. The number of amides is 1. The van der Waals surface area contributed by atoms with Crippen LogP contribution in [0.2, 0.25) is 0 Å². The summed E-state index contributed by atoms with van der Waals surface area (Å²) in [5.41, 5.74) is 1.96. The lowest BCUT2D eigenvalue weighted by molar-refractivity contribution is -0.136.